The van der Waals surface area contributed by atoms with Gasteiger partial charge in [0.1, 0.15) is 0 Å². The second-order valence-electron chi connectivity index (χ2n) is 6.07. The molecule has 112 valence electrons. The summed E-state index contributed by atoms with van der Waals surface area (Å²) in [5.41, 5.74) is -0.173. The Hall–Kier alpha value is -1.52. The zero-order valence-corrected chi connectivity index (χ0v) is 12.6. The molecule has 5 heteroatoms. The van der Waals surface area contributed by atoms with Crippen LogP contribution in [-0.2, 0) is 4.79 Å². The molecule has 0 N–H and O–H groups in total. The Bertz CT molecular complexity index is 404. The van der Waals surface area contributed by atoms with Gasteiger partial charge in [-0.15, -0.1) is 6.58 Å². The number of amides is 3. The highest BCUT2D eigenvalue weighted by Crippen LogP contribution is 2.36. The molecule has 5 nitrogen and oxygen atoms in total. The van der Waals surface area contributed by atoms with Gasteiger partial charge in [-0.05, 0) is 25.7 Å². The second-order valence-corrected chi connectivity index (χ2v) is 6.07. The molecule has 2 aliphatic rings. The van der Waals surface area contributed by atoms with Crippen LogP contribution in [0.4, 0.5) is 4.79 Å². The summed E-state index contributed by atoms with van der Waals surface area (Å²) >= 11 is 0. The van der Waals surface area contributed by atoms with Crippen LogP contribution in [0.1, 0.15) is 32.1 Å². The number of piperidine rings is 2. The lowest BCUT2D eigenvalue weighted by Crippen LogP contribution is -2.63. The van der Waals surface area contributed by atoms with Crippen molar-refractivity contribution in [3.05, 3.63) is 12.7 Å². The molecule has 2 aliphatic heterocycles. The van der Waals surface area contributed by atoms with Gasteiger partial charge in [0, 0.05) is 40.2 Å². The van der Waals surface area contributed by atoms with Gasteiger partial charge in [-0.2, -0.15) is 0 Å². The molecule has 0 aromatic carbocycles. The third-order valence-electron chi connectivity index (χ3n) is 4.43. The lowest BCUT2D eigenvalue weighted by atomic mass is 9.79. The third kappa shape index (κ3) is 2.67. The summed E-state index contributed by atoms with van der Waals surface area (Å²) in [5, 5.41) is 0. The van der Waals surface area contributed by atoms with Crippen LogP contribution in [-0.4, -0.2) is 65.9 Å². The SMILES string of the molecule is C=CCN1C(=O)CCCC12CCCN(C(=O)N(C)C)C2. The Labute approximate surface area is 121 Å². The average Bonchev–Trinajstić information content (AvgIpc) is 2.42. The van der Waals surface area contributed by atoms with E-state index in [0.29, 0.717) is 19.5 Å². The Morgan fingerprint density at radius 3 is 2.75 bits per heavy atom. The third-order valence-corrected chi connectivity index (χ3v) is 4.43. The number of likely N-dealkylation sites (tertiary alicyclic amines) is 2. The zero-order chi connectivity index (χ0) is 14.8. The lowest BCUT2D eigenvalue weighted by molar-refractivity contribution is -0.143. The number of urea groups is 1. The van der Waals surface area contributed by atoms with Gasteiger partial charge in [-0.1, -0.05) is 6.08 Å². The number of hydrogen-bond acceptors (Lipinski definition) is 2. The van der Waals surface area contributed by atoms with Crippen LogP contribution in [0.3, 0.4) is 0 Å². The largest absolute Gasteiger partial charge is 0.332 e. The van der Waals surface area contributed by atoms with Gasteiger partial charge in [0.05, 0.1) is 5.54 Å². The van der Waals surface area contributed by atoms with E-state index < -0.39 is 0 Å². The van der Waals surface area contributed by atoms with Gasteiger partial charge < -0.3 is 14.7 Å². The molecule has 2 rings (SSSR count). The predicted octanol–water partition coefficient (Wildman–Crippen LogP) is 1.70. The van der Waals surface area contributed by atoms with Gasteiger partial charge in [-0.25, -0.2) is 4.79 Å². The molecule has 0 radical (unpaired) electrons. The Morgan fingerprint density at radius 1 is 1.40 bits per heavy atom. The van der Waals surface area contributed by atoms with E-state index in [0.717, 1.165) is 32.2 Å². The first-order valence-electron chi connectivity index (χ1n) is 7.38. The molecule has 2 fully saturated rings. The fraction of sp³-hybridized carbons (Fsp3) is 0.733. The summed E-state index contributed by atoms with van der Waals surface area (Å²) in [6, 6.07) is 0.0423. The molecule has 0 aliphatic carbocycles. The van der Waals surface area contributed by atoms with E-state index in [1.165, 1.54) is 0 Å². The van der Waals surface area contributed by atoms with Gasteiger partial charge in [0.25, 0.3) is 0 Å². The molecule has 1 unspecified atom stereocenters. The molecular weight excluding hydrogens is 254 g/mol. The minimum absolute atomic E-state index is 0.0423. The van der Waals surface area contributed by atoms with Crippen molar-refractivity contribution in [2.75, 3.05) is 33.7 Å². The van der Waals surface area contributed by atoms with E-state index in [2.05, 4.69) is 6.58 Å². The number of carbonyl (C=O) groups is 2. The quantitative estimate of drug-likeness (QED) is 0.722. The first-order chi connectivity index (χ1) is 9.50. The number of rotatable bonds is 2. The minimum atomic E-state index is -0.173. The molecule has 0 bridgehead atoms. The Morgan fingerprint density at radius 2 is 2.10 bits per heavy atom. The molecule has 1 atom stereocenters. The highest BCUT2D eigenvalue weighted by atomic mass is 16.2. The van der Waals surface area contributed by atoms with Crippen LogP contribution in [0.2, 0.25) is 0 Å². The fourth-order valence-electron chi connectivity index (χ4n) is 3.51. The van der Waals surface area contributed by atoms with Gasteiger partial charge in [-0.3, -0.25) is 4.79 Å². The summed E-state index contributed by atoms with van der Waals surface area (Å²) < 4.78 is 0. The van der Waals surface area contributed by atoms with E-state index in [9.17, 15) is 9.59 Å². The van der Waals surface area contributed by atoms with Gasteiger partial charge in [0.2, 0.25) is 5.91 Å². The van der Waals surface area contributed by atoms with Crippen LogP contribution in [0.25, 0.3) is 0 Å². The Kier molecular flexibility index (Phi) is 4.35. The Balaban J connectivity index is 2.20. The highest BCUT2D eigenvalue weighted by molar-refractivity contribution is 5.79. The molecule has 0 aromatic heterocycles. The minimum Gasteiger partial charge on any atom is -0.332 e. The van der Waals surface area contributed by atoms with Crippen molar-refractivity contribution in [2.24, 2.45) is 0 Å². The van der Waals surface area contributed by atoms with Gasteiger partial charge >= 0.3 is 6.03 Å². The van der Waals surface area contributed by atoms with Crippen LogP contribution < -0.4 is 0 Å². The maximum absolute atomic E-state index is 12.2. The standard InChI is InChI=1S/C15H25N3O2/c1-4-10-18-13(19)7-5-8-15(18)9-6-11-17(12-15)14(20)16(2)3/h4H,1,5-12H2,2-3H3. The lowest BCUT2D eigenvalue weighted by Gasteiger charge is -2.52. The van der Waals surface area contributed by atoms with Crippen molar-refractivity contribution in [1.82, 2.24) is 14.7 Å². The maximum Gasteiger partial charge on any atom is 0.319 e. The number of carbonyl (C=O) groups excluding carboxylic acids is 2. The van der Waals surface area contributed by atoms with Crippen molar-refractivity contribution < 1.29 is 9.59 Å². The molecule has 0 saturated carbocycles. The van der Waals surface area contributed by atoms with Crippen molar-refractivity contribution in [3.63, 3.8) is 0 Å². The van der Waals surface area contributed by atoms with E-state index in [4.69, 9.17) is 0 Å². The summed E-state index contributed by atoms with van der Waals surface area (Å²) in [4.78, 5) is 29.9. The molecule has 1 spiro atoms. The highest BCUT2D eigenvalue weighted by Gasteiger charge is 2.45. The summed E-state index contributed by atoms with van der Waals surface area (Å²) in [5.74, 6) is 0.204. The second kappa shape index (κ2) is 5.85. The van der Waals surface area contributed by atoms with Crippen LogP contribution >= 0.6 is 0 Å². The average molecular weight is 279 g/mol. The smallest absolute Gasteiger partial charge is 0.319 e. The number of hydrogen-bond donors (Lipinski definition) is 0. The maximum atomic E-state index is 12.2. The van der Waals surface area contributed by atoms with Crippen molar-refractivity contribution in [3.8, 4) is 0 Å². The van der Waals surface area contributed by atoms with E-state index >= 15 is 0 Å². The van der Waals surface area contributed by atoms with E-state index in [1.54, 1.807) is 25.1 Å². The summed E-state index contributed by atoms with van der Waals surface area (Å²) in [6.07, 6.45) is 6.28. The first kappa shape index (κ1) is 14.9. The number of nitrogens with zero attached hydrogens (tertiary/aromatic N) is 3. The molecule has 3 amide bonds. The fourth-order valence-corrected chi connectivity index (χ4v) is 3.51. The monoisotopic (exact) mass is 279 g/mol. The predicted molar refractivity (Wildman–Crippen MR) is 78.4 cm³/mol. The topological polar surface area (TPSA) is 43.9 Å². The normalized spacial score (nSPS) is 26.8. The van der Waals surface area contributed by atoms with Crippen molar-refractivity contribution >= 4 is 11.9 Å². The van der Waals surface area contributed by atoms with Crippen molar-refractivity contribution in [1.29, 1.82) is 0 Å². The van der Waals surface area contributed by atoms with Gasteiger partial charge in [0.15, 0.2) is 0 Å². The molecular formula is C15H25N3O2. The zero-order valence-electron chi connectivity index (χ0n) is 12.6. The molecule has 20 heavy (non-hydrogen) atoms. The van der Waals surface area contributed by atoms with E-state index in [-0.39, 0.29) is 17.5 Å². The first-order valence-corrected chi connectivity index (χ1v) is 7.38. The van der Waals surface area contributed by atoms with Crippen LogP contribution in [0.15, 0.2) is 12.7 Å². The van der Waals surface area contributed by atoms with Crippen molar-refractivity contribution in [2.45, 2.75) is 37.6 Å². The van der Waals surface area contributed by atoms with Crippen LogP contribution in [0.5, 0.6) is 0 Å². The molecule has 0 aromatic rings. The summed E-state index contributed by atoms with van der Waals surface area (Å²) in [6.45, 7) is 5.80. The molecule has 2 saturated heterocycles. The van der Waals surface area contributed by atoms with Crippen LogP contribution in [0, 0.1) is 0 Å². The summed E-state index contributed by atoms with van der Waals surface area (Å²) in [7, 11) is 3.55. The molecule has 2 heterocycles. The van der Waals surface area contributed by atoms with E-state index in [1.807, 2.05) is 9.80 Å².